The Labute approximate surface area is 146 Å². The Morgan fingerprint density at radius 3 is 2.48 bits per heavy atom. The lowest BCUT2D eigenvalue weighted by Gasteiger charge is -2.14. The number of carboxylic acid groups (broad SMARTS) is 1. The van der Waals surface area contributed by atoms with Crippen LogP contribution < -0.4 is 10.1 Å². The molecule has 1 aromatic carbocycles. The number of aromatic nitrogens is 2. The number of aliphatic carboxylic acids is 1. The lowest BCUT2D eigenvalue weighted by molar-refractivity contribution is -0.137. The average molecular weight is 345 g/mol. The predicted octanol–water partition coefficient (Wildman–Crippen LogP) is 3.20. The van der Waals surface area contributed by atoms with E-state index in [1.807, 2.05) is 20.8 Å². The minimum absolute atomic E-state index is 0.0777. The summed E-state index contributed by atoms with van der Waals surface area (Å²) < 4.78 is 5.45. The van der Waals surface area contributed by atoms with Gasteiger partial charge in [0.15, 0.2) is 5.69 Å². The van der Waals surface area contributed by atoms with Gasteiger partial charge in [-0.25, -0.2) is 0 Å². The van der Waals surface area contributed by atoms with Gasteiger partial charge in [-0.05, 0) is 36.8 Å². The van der Waals surface area contributed by atoms with E-state index in [1.165, 1.54) is 0 Å². The molecule has 134 valence electrons. The van der Waals surface area contributed by atoms with Crippen molar-refractivity contribution in [1.82, 2.24) is 10.2 Å². The van der Waals surface area contributed by atoms with E-state index in [0.29, 0.717) is 30.2 Å². The molecule has 25 heavy (non-hydrogen) atoms. The van der Waals surface area contributed by atoms with Crippen molar-refractivity contribution >= 4 is 17.6 Å². The summed E-state index contributed by atoms with van der Waals surface area (Å²) in [5, 5.41) is 18.3. The van der Waals surface area contributed by atoms with Crippen LogP contribution in [-0.2, 0) is 10.2 Å². The second-order valence-corrected chi connectivity index (χ2v) is 6.74. The van der Waals surface area contributed by atoms with Gasteiger partial charge < -0.3 is 15.2 Å². The third-order valence-corrected chi connectivity index (χ3v) is 3.53. The van der Waals surface area contributed by atoms with E-state index in [-0.39, 0.29) is 17.7 Å². The molecule has 0 bridgehead atoms. The molecule has 2 rings (SSSR count). The van der Waals surface area contributed by atoms with Crippen LogP contribution in [0.3, 0.4) is 0 Å². The smallest absolute Gasteiger partial charge is 0.303 e. The maximum atomic E-state index is 12.2. The number of hydrogen-bond donors (Lipinski definition) is 3. The molecule has 3 N–H and O–H groups in total. The molecule has 0 aliphatic heterocycles. The van der Waals surface area contributed by atoms with Crippen LogP contribution in [0.15, 0.2) is 30.3 Å². The van der Waals surface area contributed by atoms with E-state index in [9.17, 15) is 9.59 Å². The number of H-pyrrole nitrogens is 1. The molecule has 0 spiro atoms. The van der Waals surface area contributed by atoms with Crippen molar-refractivity contribution in [2.24, 2.45) is 0 Å². The van der Waals surface area contributed by atoms with E-state index in [2.05, 4.69) is 15.5 Å². The number of rotatable bonds is 7. The van der Waals surface area contributed by atoms with Crippen molar-refractivity contribution in [3.8, 4) is 5.75 Å². The standard InChI is InChI=1S/C18H23N3O4/c1-18(2,3)15-11-14(20-21-15)17(24)19-12-6-8-13(9-7-12)25-10-4-5-16(22)23/h6-9,11H,4-5,10H2,1-3H3,(H,19,24)(H,20,21)(H,22,23). The third kappa shape index (κ3) is 5.63. The second-order valence-electron chi connectivity index (χ2n) is 6.74. The van der Waals surface area contributed by atoms with Crippen molar-refractivity contribution in [2.75, 3.05) is 11.9 Å². The molecule has 0 radical (unpaired) electrons. The first kappa shape index (κ1) is 18.5. The van der Waals surface area contributed by atoms with E-state index < -0.39 is 5.97 Å². The Hall–Kier alpha value is -2.83. The van der Waals surface area contributed by atoms with Gasteiger partial charge in [-0.2, -0.15) is 5.10 Å². The van der Waals surface area contributed by atoms with Crippen LogP contribution in [0.1, 0.15) is 49.8 Å². The zero-order valence-electron chi connectivity index (χ0n) is 14.6. The number of benzene rings is 1. The van der Waals surface area contributed by atoms with E-state index >= 15 is 0 Å². The van der Waals surface area contributed by atoms with Gasteiger partial charge in [0.05, 0.1) is 6.61 Å². The minimum atomic E-state index is -0.838. The monoisotopic (exact) mass is 345 g/mol. The fourth-order valence-corrected chi connectivity index (χ4v) is 2.07. The summed E-state index contributed by atoms with van der Waals surface area (Å²) >= 11 is 0. The average Bonchev–Trinajstić information content (AvgIpc) is 3.03. The molecule has 0 fully saturated rings. The van der Waals surface area contributed by atoms with Gasteiger partial charge in [0.1, 0.15) is 5.75 Å². The molecule has 1 aromatic heterocycles. The van der Waals surface area contributed by atoms with Crippen molar-refractivity contribution in [2.45, 2.75) is 39.0 Å². The summed E-state index contributed by atoms with van der Waals surface area (Å²) in [7, 11) is 0. The number of carbonyl (C=O) groups excluding carboxylic acids is 1. The van der Waals surface area contributed by atoms with E-state index in [4.69, 9.17) is 9.84 Å². The van der Waals surface area contributed by atoms with Crippen LogP contribution in [0.4, 0.5) is 5.69 Å². The Bertz CT molecular complexity index is 730. The number of hydrogen-bond acceptors (Lipinski definition) is 4. The Kier molecular flexibility index (Phi) is 5.80. The molecular formula is C18H23N3O4. The fraction of sp³-hybridized carbons (Fsp3) is 0.389. The molecule has 1 amide bonds. The van der Waals surface area contributed by atoms with Crippen LogP contribution >= 0.6 is 0 Å². The zero-order chi connectivity index (χ0) is 18.4. The molecule has 1 heterocycles. The molecular weight excluding hydrogens is 322 g/mol. The predicted molar refractivity (Wildman–Crippen MR) is 94.0 cm³/mol. The van der Waals surface area contributed by atoms with Crippen LogP contribution in [0.5, 0.6) is 5.75 Å². The third-order valence-electron chi connectivity index (χ3n) is 3.53. The molecule has 0 atom stereocenters. The number of aromatic amines is 1. The highest BCUT2D eigenvalue weighted by Crippen LogP contribution is 2.21. The number of anilines is 1. The van der Waals surface area contributed by atoms with Crippen LogP contribution in [0.2, 0.25) is 0 Å². The summed E-state index contributed by atoms with van der Waals surface area (Å²) in [5.41, 5.74) is 1.75. The first-order valence-electron chi connectivity index (χ1n) is 8.07. The molecule has 0 saturated carbocycles. The highest BCUT2D eigenvalue weighted by molar-refractivity contribution is 6.02. The number of nitrogens with zero attached hydrogens (tertiary/aromatic N) is 1. The van der Waals surface area contributed by atoms with Gasteiger partial charge in [0.2, 0.25) is 0 Å². The summed E-state index contributed by atoms with van der Waals surface area (Å²) in [5.74, 6) is -0.505. The highest BCUT2D eigenvalue weighted by atomic mass is 16.5. The van der Waals surface area contributed by atoms with Gasteiger partial charge in [-0.15, -0.1) is 0 Å². The number of carboxylic acids is 1. The number of nitrogens with one attached hydrogen (secondary N) is 2. The maximum Gasteiger partial charge on any atom is 0.303 e. The largest absolute Gasteiger partial charge is 0.494 e. The van der Waals surface area contributed by atoms with Crippen LogP contribution in [0, 0.1) is 0 Å². The first-order valence-corrected chi connectivity index (χ1v) is 8.07. The van der Waals surface area contributed by atoms with Gasteiger partial charge in [0, 0.05) is 23.2 Å². The number of ether oxygens (including phenoxy) is 1. The number of carbonyl (C=O) groups is 2. The van der Waals surface area contributed by atoms with Crippen LogP contribution in [0.25, 0.3) is 0 Å². The Morgan fingerprint density at radius 1 is 1.24 bits per heavy atom. The van der Waals surface area contributed by atoms with E-state index in [1.54, 1.807) is 30.3 Å². The van der Waals surface area contributed by atoms with Gasteiger partial charge in [-0.1, -0.05) is 20.8 Å². The number of amides is 1. The van der Waals surface area contributed by atoms with Crippen molar-refractivity contribution < 1.29 is 19.4 Å². The first-order chi connectivity index (χ1) is 11.8. The normalized spacial score (nSPS) is 11.2. The van der Waals surface area contributed by atoms with Crippen molar-refractivity contribution in [1.29, 1.82) is 0 Å². The van der Waals surface area contributed by atoms with Gasteiger partial charge in [-0.3, -0.25) is 14.7 Å². The molecule has 0 saturated heterocycles. The summed E-state index contributed by atoms with van der Waals surface area (Å²) in [4.78, 5) is 22.7. The molecule has 0 unspecified atom stereocenters. The van der Waals surface area contributed by atoms with E-state index in [0.717, 1.165) is 5.69 Å². The van der Waals surface area contributed by atoms with Crippen molar-refractivity contribution in [3.63, 3.8) is 0 Å². The van der Waals surface area contributed by atoms with Gasteiger partial charge in [0.25, 0.3) is 5.91 Å². The Morgan fingerprint density at radius 2 is 1.92 bits per heavy atom. The highest BCUT2D eigenvalue weighted by Gasteiger charge is 2.19. The minimum Gasteiger partial charge on any atom is -0.494 e. The summed E-state index contributed by atoms with van der Waals surface area (Å²) in [6.45, 7) is 6.45. The summed E-state index contributed by atoms with van der Waals surface area (Å²) in [6.07, 6.45) is 0.525. The Balaban J connectivity index is 1.89. The molecule has 7 heteroatoms. The van der Waals surface area contributed by atoms with Crippen LogP contribution in [-0.4, -0.2) is 33.8 Å². The quantitative estimate of drug-likeness (QED) is 0.669. The topological polar surface area (TPSA) is 104 Å². The molecule has 7 nitrogen and oxygen atoms in total. The second kappa shape index (κ2) is 7.83. The van der Waals surface area contributed by atoms with Gasteiger partial charge >= 0.3 is 5.97 Å². The lowest BCUT2D eigenvalue weighted by atomic mass is 9.92. The maximum absolute atomic E-state index is 12.2. The SMILES string of the molecule is CC(C)(C)c1cc(C(=O)Nc2ccc(OCCCC(=O)O)cc2)n[nH]1. The molecule has 2 aromatic rings. The molecule has 0 aliphatic carbocycles. The fourth-order valence-electron chi connectivity index (χ4n) is 2.07. The lowest BCUT2D eigenvalue weighted by Crippen LogP contribution is -2.13. The van der Waals surface area contributed by atoms with Crippen molar-refractivity contribution in [3.05, 3.63) is 41.7 Å². The molecule has 0 aliphatic rings. The summed E-state index contributed by atoms with van der Waals surface area (Å²) in [6, 6.07) is 8.64. The zero-order valence-corrected chi connectivity index (χ0v) is 14.6.